The van der Waals surface area contributed by atoms with E-state index in [2.05, 4.69) is 27.7 Å². The highest BCUT2D eigenvalue weighted by molar-refractivity contribution is 5.07. The molecule has 106 valence electrons. The van der Waals surface area contributed by atoms with Gasteiger partial charge in [0.05, 0.1) is 19.3 Å². The van der Waals surface area contributed by atoms with E-state index in [1.54, 1.807) is 0 Å². The maximum atomic E-state index is 6.01. The zero-order valence-electron chi connectivity index (χ0n) is 12.5. The summed E-state index contributed by atoms with van der Waals surface area (Å²) in [7, 11) is 1.83. The summed E-state index contributed by atoms with van der Waals surface area (Å²) in [5, 5.41) is 0. The lowest BCUT2D eigenvalue weighted by molar-refractivity contribution is -0.303. The van der Waals surface area contributed by atoms with Crippen LogP contribution in [-0.2, 0) is 14.2 Å². The average molecular weight is 256 g/mol. The standard InChI is InChI=1S/C15H28O3/c1-6-14(7-2)8-9-15(17-10-11-18-15)13(3,4)12(14)16-5/h12H,6-11H2,1-5H3. The Labute approximate surface area is 111 Å². The van der Waals surface area contributed by atoms with Crippen LogP contribution in [0, 0.1) is 10.8 Å². The van der Waals surface area contributed by atoms with Crippen molar-refractivity contribution < 1.29 is 14.2 Å². The quantitative estimate of drug-likeness (QED) is 0.775. The summed E-state index contributed by atoms with van der Waals surface area (Å²) in [4.78, 5) is 0. The Hall–Kier alpha value is -0.120. The van der Waals surface area contributed by atoms with Crippen LogP contribution in [0.5, 0.6) is 0 Å². The van der Waals surface area contributed by atoms with Crippen molar-refractivity contribution in [3.8, 4) is 0 Å². The predicted octanol–water partition coefficient (Wildman–Crippen LogP) is 3.37. The molecule has 1 atom stereocenters. The summed E-state index contributed by atoms with van der Waals surface area (Å²) in [6.07, 6.45) is 4.61. The molecule has 0 aromatic heterocycles. The molecule has 2 rings (SSSR count). The van der Waals surface area contributed by atoms with E-state index in [0.29, 0.717) is 13.2 Å². The number of rotatable bonds is 3. The van der Waals surface area contributed by atoms with Crippen molar-refractivity contribution in [2.75, 3.05) is 20.3 Å². The lowest BCUT2D eigenvalue weighted by Gasteiger charge is -2.58. The second kappa shape index (κ2) is 4.77. The minimum Gasteiger partial charge on any atom is -0.380 e. The molecule has 0 radical (unpaired) electrons. The van der Waals surface area contributed by atoms with E-state index >= 15 is 0 Å². The molecule has 0 aromatic rings. The minimum absolute atomic E-state index is 0.109. The van der Waals surface area contributed by atoms with E-state index in [1.165, 1.54) is 0 Å². The fourth-order valence-corrected chi connectivity index (χ4v) is 4.32. The predicted molar refractivity (Wildman–Crippen MR) is 71.5 cm³/mol. The molecule has 1 aliphatic carbocycles. The average Bonchev–Trinajstić information content (AvgIpc) is 2.83. The Balaban J connectivity index is 2.36. The fraction of sp³-hybridized carbons (Fsp3) is 1.00. The van der Waals surface area contributed by atoms with Gasteiger partial charge in [-0.15, -0.1) is 0 Å². The van der Waals surface area contributed by atoms with Crippen LogP contribution in [0.25, 0.3) is 0 Å². The summed E-state index contributed by atoms with van der Waals surface area (Å²) >= 11 is 0. The molecule has 1 spiro atoms. The molecular formula is C15H28O3. The molecule has 0 amide bonds. The number of ether oxygens (including phenoxy) is 3. The van der Waals surface area contributed by atoms with Gasteiger partial charge in [-0.1, -0.05) is 27.7 Å². The van der Waals surface area contributed by atoms with E-state index in [9.17, 15) is 0 Å². The summed E-state index contributed by atoms with van der Waals surface area (Å²) in [5.41, 5.74) is 0.154. The third-order valence-electron chi connectivity index (χ3n) is 5.54. The topological polar surface area (TPSA) is 27.7 Å². The highest BCUT2D eigenvalue weighted by Gasteiger charge is 2.62. The van der Waals surface area contributed by atoms with Crippen LogP contribution in [0.4, 0.5) is 0 Å². The lowest BCUT2D eigenvalue weighted by atomic mass is 9.56. The molecule has 1 aliphatic heterocycles. The van der Waals surface area contributed by atoms with Crippen molar-refractivity contribution in [2.24, 2.45) is 10.8 Å². The van der Waals surface area contributed by atoms with Crippen molar-refractivity contribution in [3.05, 3.63) is 0 Å². The summed E-state index contributed by atoms with van der Waals surface area (Å²) in [6.45, 7) is 10.5. The van der Waals surface area contributed by atoms with E-state index < -0.39 is 5.79 Å². The van der Waals surface area contributed by atoms with Crippen molar-refractivity contribution in [1.29, 1.82) is 0 Å². The molecule has 1 unspecified atom stereocenters. The van der Waals surface area contributed by atoms with Crippen LogP contribution in [0.1, 0.15) is 53.4 Å². The molecule has 0 aromatic carbocycles. The first-order chi connectivity index (χ1) is 8.48. The summed E-state index contributed by atoms with van der Waals surface area (Å²) < 4.78 is 17.9. The van der Waals surface area contributed by atoms with Gasteiger partial charge in [0.1, 0.15) is 0 Å². The molecule has 0 N–H and O–H groups in total. The fourth-order valence-electron chi connectivity index (χ4n) is 4.32. The monoisotopic (exact) mass is 256 g/mol. The van der Waals surface area contributed by atoms with E-state index in [-0.39, 0.29) is 16.9 Å². The number of methoxy groups -OCH3 is 1. The third-order valence-corrected chi connectivity index (χ3v) is 5.54. The van der Waals surface area contributed by atoms with Crippen LogP contribution in [0.15, 0.2) is 0 Å². The van der Waals surface area contributed by atoms with Gasteiger partial charge in [-0.25, -0.2) is 0 Å². The zero-order valence-corrected chi connectivity index (χ0v) is 12.5. The van der Waals surface area contributed by atoms with Crippen molar-refractivity contribution in [3.63, 3.8) is 0 Å². The van der Waals surface area contributed by atoms with Crippen LogP contribution in [0.3, 0.4) is 0 Å². The molecule has 3 heteroatoms. The second-order valence-electron chi connectivity index (χ2n) is 6.36. The molecule has 0 bridgehead atoms. The maximum absolute atomic E-state index is 6.01. The van der Waals surface area contributed by atoms with Crippen molar-refractivity contribution in [2.45, 2.75) is 65.3 Å². The molecule has 18 heavy (non-hydrogen) atoms. The van der Waals surface area contributed by atoms with E-state index in [0.717, 1.165) is 25.7 Å². The van der Waals surface area contributed by atoms with Gasteiger partial charge in [0, 0.05) is 18.9 Å². The molecule has 2 aliphatic rings. The van der Waals surface area contributed by atoms with Gasteiger partial charge in [-0.2, -0.15) is 0 Å². The highest BCUT2D eigenvalue weighted by atomic mass is 16.7. The van der Waals surface area contributed by atoms with Gasteiger partial charge < -0.3 is 14.2 Å². The maximum Gasteiger partial charge on any atom is 0.176 e. The summed E-state index contributed by atoms with van der Waals surface area (Å²) in [6, 6.07) is 0. The lowest BCUT2D eigenvalue weighted by Crippen LogP contribution is -2.62. The third kappa shape index (κ3) is 1.75. The Morgan fingerprint density at radius 2 is 1.61 bits per heavy atom. The van der Waals surface area contributed by atoms with Crippen LogP contribution in [0.2, 0.25) is 0 Å². The Kier molecular flexibility index (Phi) is 3.79. The van der Waals surface area contributed by atoms with Crippen molar-refractivity contribution >= 4 is 0 Å². The SMILES string of the molecule is CCC1(CC)CCC2(OCCO2)C(C)(C)C1OC. The Bertz CT molecular complexity index is 288. The van der Waals surface area contributed by atoms with E-state index in [4.69, 9.17) is 14.2 Å². The van der Waals surface area contributed by atoms with Crippen LogP contribution < -0.4 is 0 Å². The first kappa shape index (κ1) is 14.3. The largest absolute Gasteiger partial charge is 0.380 e. The molecule has 2 fully saturated rings. The van der Waals surface area contributed by atoms with Gasteiger partial charge in [-0.05, 0) is 24.7 Å². The van der Waals surface area contributed by atoms with Gasteiger partial charge in [0.25, 0.3) is 0 Å². The van der Waals surface area contributed by atoms with Gasteiger partial charge in [0.2, 0.25) is 0 Å². The highest BCUT2D eigenvalue weighted by Crippen LogP contribution is 2.58. The van der Waals surface area contributed by atoms with E-state index in [1.807, 2.05) is 7.11 Å². The molecule has 3 nitrogen and oxygen atoms in total. The molecule has 1 heterocycles. The van der Waals surface area contributed by atoms with Crippen LogP contribution >= 0.6 is 0 Å². The minimum atomic E-state index is -0.429. The zero-order chi connectivity index (χ0) is 13.4. The van der Waals surface area contributed by atoms with Crippen molar-refractivity contribution in [1.82, 2.24) is 0 Å². The number of hydrogen-bond donors (Lipinski definition) is 0. The first-order valence-electron chi connectivity index (χ1n) is 7.29. The summed E-state index contributed by atoms with van der Waals surface area (Å²) in [5.74, 6) is -0.429. The van der Waals surface area contributed by atoms with Gasteiger partial charge in [-0.3, -0.25) is 0 Å². The molecule has 1 saturated heterocycles. The molecule has 1 saturated carbocycles. The second-order valence-corrected chi connectivity index (χ2v) is 6.36. The number of hydrogen-bond acceptors (Lipinski definition) is 3. The smallest absolute Gasteiger partial charge is 0.176 e. The van der Waals surface area contributed by atoms with Gasteiger partial charge in [0.15, 0.2) is 5.79 Å². The Morgan fingerprint density at radius 1 is 1.06 bits per heavy atom. The molecular weight excluding hydrogens is 228 g/mol. The van der Waals surface area contributed by atoms with Crippen LogP contribution in [-0.4, -0.2) is 32.2 Å². The first-order valence-corrected chi connectivity index (χ1v) is 7.29. The van der Waals surface area contributed by atoms with Gasteiger partial charge >= 0.3 is 0 Å². The normalized spacial score (nSPS) is 32.8. The Morgan fingerprint density at radius 3 is 2.06 bits per heavy atom.